The van der Waals surface area contributed by atoms with E-state index in [1.165, 1.54) is 0 Å². The molecule has 0 aliphatic carbocycles. The van der Waals surface area contributed by atoms with Crippen LogP contribution in [0.5, 0.6) is 0 Å². The van der Waals surface area contributed by atoms with E-state index < -0.39 is 5.54 Å². The summed E-state index contributed by atoms with van der Waals surface area (Å²) in [5.74, 6) is 0.560. The molecule has 1 saturated heterocycles. The fourth-order valence-electron chi connectivity index (χ4n) is 3.55. The lowest BCUT2D eigenvalue weighted by molar-refractivity contribution is -0.131. The maximum Gasteiger partial charge on any atom is 0.255 e. The Hall–Kier alpha value is -2.62. The minimum absolute atomic E-state index is 0.0173. The fraction of sp³-hybridized carbons (Fsp3) is 0.333. The summed E-state index contributed by atoms with van der Waals surface area (Å²) in [5.41, 5.74) is 2.61. The van der Waals surface area contributed by atoms with Gasteiger partial charge in [-0.25, -0.2) is 0 Å². The number of guanidine groups is 1. The lowest BCUT2D eigenvalue weighted by Gasteiger charge is -2.24. The number of hydrogen-bond donors (Lipinski definition) is 2. The molecule has 0 aromatic heterocycles. The zero-order chi connectivity index (χ0) is 18.0. The van der Waals surface area contributed by atoms with Crippen LogP contribution in [0.3, 0.4) is 0 Å². The Kier molecular flexibility index (Phi) is 4.62. The maximum atomic E-state index is 12.9. The van der Waals surface area contributed by atoms with Crippen molar-refractivity contribution in [3.8, 4) is 11.1 Å². The van der Waals surface area contributed by atoms with Gasteiger partial charge in [0.05, 0.1) is 6.54 Å². The van der Waals surface area contributed by atoms with Gasteiger partial charge in [0, 0.05) is 0 Å². The number of carbonyl (C=O) groups is 1. The van der Waals surface area contributed by atoms with Gasteiger partial charge in [-0.2, -0.15) is 0 Å². The summed E-state index contributed by atoms with van der Waals surface area (Å²) in [4.78, 5) is 14.4. The van der Waals surface area contributed by atoms with Gasteiger partial charge in [-0.05, 0) is 42.0 Å². The van der Waals surface area contributed by atoms with E-state index in [4.69, 9.17) is 5.41 Å². The summed E-state index contributed by atoms with van der Waals surface area (Å²) in [7, 11) is 0. The first-order valence-corrected chi connectivity index (χ1v) is 8.72. The first-order valence-electron chi connectivity index (χ1n) is 8.72. The van der Waals surface area contributed by atoms with Crippen LogP contribution in [0.25, 0.3) is 11.1 Å². The molecule has 1 fully saturated rings. The van der Waals surface area contributed by atoms with E-state index in [2.05, 4.69) is 43.4 Å². The Morgan fingerprint density at radius 3 is 2.44 bits per heavy atom. The fourth-order valence-corrected chi connectivity index (χ4v) is 3.55. The molecule has 4 nitrogen and oxygen atoms in total. The molecule has 2 aromatic rings. The summed E-state index contributed by atoms with van der Waals surface area (Å²) in [6.07, 6.45) is 0.717. The van der Waals surface area contributed by atoms with Gasteiger partial charge in [-0.1, -0.05) is 62.4 Å². The largest absolute Gasteiger partial charge is 0.342 e. The first kappa shape index (κ1) is 17.2. The smallest absolute Gasteiger partial charge is 0.255 e. The van der Waals surface area contributed by atoms with Gasteiger partial charge in [-0.3, -0.25) is 15.1 Å². The molecule has 1 aliphatic rings. The van der Waals surface area contributed by atoms with Gasteiger partial charge < -0.3 is 5.32 Å². The van der Waals surface area contributed by atoms with E-state index >= 15 is 0 Å². The van der Waals surface area contributed by atoms with Crippen LogP contribution in [0.4, 0.5) is 0 Å². The minimum atomic E-state index is -0.678. The van der Waals surface area contributed by atoms with Gasteiger partial charge in [0.1, 0.15) is 5.54 Å². The molecule has 2 N–H and O–H groups in total. The van der Waals surface area contributed by atoms with E-state index in [9.17, 15) is 4.79 Å². The molecule has 0 bridgehead atoms. The van der Waals surface area contributed by atoms with Crippen LogP contribution in [0.2, 0.25) is 0 Å². The average Bonchev–Trinajstić information content (AvgIpc) is 2.78. The Balaban J connectivity index is 1.81. The second kappa shape index (κ2) is 6.71. The second-order valence-corrected chi connectivity index (χ2v) is 7.36. The van der Waals surface area contributed by atoms with Gasteiger partial charge >= 0.3 is 0 Å². The summed E-state index contributed by atoms with van der Waals surface area (Å²) in [6.45, 7) is 6.49. The van der Waals surface area contributed by atoms with Gasteiger partial charge in [0.2, 0.25) is 0 Å². The van der Waals surface area contributed by atoms with Crippen molar-refractivity contribution >= 4 is 11.9 Å². The Morgan fingerprint density at radius 1 is 1.08 bits per heavy atom. The van der Waals surface area contributed by atoms with Gasteiger partial charge in [0.25, 0.3) is 5.91 Å². The average molecular weight is 335 g/mol. The van der Waals surface area contributed by atoms with E-state index in [1.807, 2.05) is 37.3 Å². The zero-order valence-corrected chi connectivity index (χ0v) is 15.0. The van der Waals surface area contributed by atoms with Crippen LogP contribution >= 0.6 is 0 Å². The molecular formula is C21H25N3O. The third-order valence-electron chi connectivity index (χ3n) is 4.57. The molecule has 25 heavy (non-hydrogen) atoms. The molecule has 130 valence electrons. The number of nitrogens with zero attached hydrogens (tertiary/aromatic N) is 1. The number of amides is 1. The van der Waals surface area contributed by atoms with Crippen molar-refractivity contribution < 1.29 is 4.79 Å². The SMILES string of the molecule is CC(C)CC1(C)NC(=N)N(Cc2cccc(-c3ccccc3)c2)C1=O. The molecule has 2 aromatic carbocycles. The standard InChI is InChI=1S/C21H25N3O/c1-15(2)13-21(3)19(25)24(20(22)23-21)14-16-8-7-11-18(12-16)17-9-5-4-6-10-17/h4-12,15H,13-14H2,1-3H3,(H2,22,23). The van der Waals surface area contributed by atoms with Crippen LogP contribution in [0, 0.1) is 11.3 Å². The quantitative estimate of drug-likeness (QED) is 0.867. The van der Waals surface area contributed by atoms with Crippen LogP contribution in [0.15, 0.2) is 54.6 Å². The van der Waals surface area contributed by atoms with Crippen LogP contribution in [-0.2, 0) is 11.3 Å². The molecule has 1 amide bonds. The second-order valence-electron chi connectivity index (χ2n) is 7.36. The first-order chi connectivity index (χ1) is 11.9. The molecular weight excluding hydrogens is 310 g/mol. The number of carbonyl (C=O) groups excluding carboxylic acids is 1. The number of hydrogen-bond acceptors (Lipinski definition) is 2. The lowest BCUT2D eigenvalue weighted by Crippen LogP contribution is -2.44. The summed E-state index contributed by atoms with van der Waals surface area (Å²) in [6, 6.07) is 18.3. The van der Waals surface area contributed by atoms with Gasteiger partial charge in [-0.15, -0.1) is 0 Å². The van der Waals surface area contributed by atoms with Crippen molar-refractivity contribution in [1.29, 1.82) is 5.41 Å². The maximum absolute atomic E-state index is 12.9. The Labute approximate surface area is 149 Å². The van der Waals surface area contributed by atoms with Crippen molar-refractivity contribution in [2.45, 2.75) is 39.3 Å². The van der Waals surface area contributed by atoms with Crippen LogP contribution in [0.1, 0.15) is 32.8 Å². The van der Waals surface area contributed by atoms with Crippen molar-refractivity contribution in [2.75, 3.05) is 0 Å². The van der Waals surface area contributed by atoms with E-state index in [0.717, 1.165) is 23.1 Å². The summed E-state index contributed by atoms with van der Waals surface area (Å²) >= 11 is 0. The molecule has 1 aliphatic heterocycles. The lowest BCUT2D eigenvalue weighted by atomic mass is 9.91. The topological polar surface area (TPSA) is 56.2 Å². The predicted octanol–water partition coefficient (Wildman–Crippen LogP) is 4.02. The normalized spacial score (nSPS) is 20.2. The zero-order valence-electron chi connectivity index (χ0n) is 15.0. The monoisotopic (exact) mass is 335 g/mol. The highest BCUT2D eigenvalue weighted by Gasteiger charge is 2.45. The molecule has 1 atom stereocenters. The van der Waals surface area contributed by atoms with E-state index in [0.29, 0.717) is 12.5 Å². The van der Waals surface area contributed by atoms with Crippen molar-refractivity contribution in [3.63, 3.8) is 0 Å². The van der Waals surface area contributed by atoms with Crippen molar-refractivity contribution in [1.82, 2.24) is 10.2 Å². The van der Waals surface area contributed by atoms with Crippen LogP contribution in [-0.4, -0.2) is 22.3 Å². The highest BCUT2D eigenvalue weighted by molar-refractivity contribution is 6.07. The number of rotatable bonds is 5. The minimum Gasteiger partial charge on any atom is -0.342 e. The molecule has 0 radical (unpaired) electrons. The third kappa shape index (κ3) is 3.58. The summed E-state index contributed by atoms with van der Waals surface area (Å²) in [5, 5.41) is 11.3. The Morgan fingerprint density at radius 2 is 1.76 bits per heavy atom. The predicted molar refractivity (Wildman–Crippen MR) is 101 cm³/mol. The Bertz CT molecular complexity index is 785. The highest BCUT2D eigenvalue weighted by Crippen LogP contribution is 2.27. The highest BCUT2D eigenvalue weighted by atomic mass is 16.2. The number of nitrogens with one attached hydrogen (secondary N) is 2. The number of benzene rings is 2. The van der Waals surface area contributed by atoms with Crippen molar-refractivity contribution in [3.05, 3.63) is 60.2 Å². The molecule has 0 saturated carbocycles. The van der Waals surface area contributed by atoms with Crippen LogP contribution < -0.4 is 5.32 Å². The van der Waals surface area contributed by atoms with E-state index in [-0.39, 0.29) is 11.9 Å². The van der Waals surface area contributed by atoms with Crippen molar-refractivity contribution in [2.24, 2.45) is 5.92 Å². The third-order valence-corrected chi connectivity index (χ3v) is 4.57. The van der Waals surface area contributed by atoms with Gasteiger partial charge in [0.15, 0.2) is 5.96 Å². The molecule has 1 heterocycles. The molecule has 0 spiro atoms. The molecule has 1 unspecified atom stereocenters. The molecule has 4 heteroatoms. The molecule has 3 rings (SSSR count). The summed E-state index contributed by atoms with van der Waals surface area (Å²) < 4.78 is 0. The van der Waals surface area contributed by atoms with E-state index in [1.54, 1.807) is 4.90 Å².